The minimum absolute atomic E-state index is 0.140. The Labute approximate surface area is 117 Å². The Bertz CT molecular complexity index is 607. The molecule has 0 aliphatic rings. The summed E-state index contributed by atoms with van der Waals surface area (Å²) in [6, 6.07) is 7.30. The van der Waals surface area contributed by atoms with Crippen molar-refractivity contribution in [3.63, 3.8) is 0 Å². The predicted molar refractivity (Wildman–Crippen MR) is 78.4 cm³/mol. The molecular weight excluding hydrogens is 256 g/mol. The van der Waals surface area contributed by atoms with Gasteiger partial charge >= 0.3 is 0 Å². The predicted octanol–water partition coefficient (Wildman–Crippen LogP) is 1.34. The molecule has 1 aromatic heterocycles. The average Bonchev–Trinajstić information content (AvgIpc) is 2.48. The van der Waals surface area contributed by atoms with Crippen LogP contribution >= 0.6 is 0 Å². The van der Waals surface area contributed by atoms with Gasteiger partial charge in [0.2, 0.25) is 0 Å². The molecule has 3 N–H and O–H groups in total. The Morgan fingerprint density at radius 1 is 1.35 bits per heavy atom. The number of nitrogens with zero attached hydrogens (tertiary/aromatic N) is 2. The fourth-order valence-corrected chi connectivity index (χ4v) is 1.73. The second-order valence-corrected chi connectivity index (χ2v) is 4.15. The van der Waals surface area contributed by atoms with E-state index in [-0.39, 0.29) is 5.56 Å². The van der Waals surface area contributed by atoms with Crippen LogP contribution in [0.4, 0.5) is 11.5 Å². The van der Waals surface area contributed by atoms with Crippen molar-refractivity contribution in [2.24, 2.45) is 5.73 Å². The largest absolute Gasteiger partial charge is 0.492 e. The van der Waals surface area contributed by atoms with Gasteiger partial charge in [-0.05, 0) is 31.2 Å². The molecule has 0 aliphatic heterocycles. The van der Waals surface area contributed by atoms with E-state index in [0.29, 0.717) is 25.5 Å². The zero-order valence-electron chi connectivity index (χ0n) is 11.4. The van der Waals surface area contributed by atoms with Crippen LogP contribution in [0.2, 0.25) is 0 Å². The molecule has 1 heterocycles. The van der Waals surface area contributed by atoms with Gasteiger partial charge in [0.15, 0.2) is 5.82 Å². The summed E-state index contributed by atoms with van der Waals surface area (Å²) in [5.41, 5.74) is 6.01. The Hall–Kier alpha value is -2.34. The number of rotatable bonds is 6. The minimum Gasteiger partial charge on any atom is -0.492 e. The summed E-state index contributed by atoms with van der Waals surface area (Å²) >= 11 is 0. The second kappa shape index (κ2) is 6.72. The van der Waals surface area contributed by atoms with Crippen LogP contribution in [0, 0.1) is 0 Å². The van der Waals surface area contributed by atoms with Crippen LogP contribution in [-0.4, -0.2) is 22.7 Å². The van der Waals surface area contributed by atoms with Crippen LogP contribution in [0.5, 0.6) is 5.75 Å². The van der Waals surface area contributed by atoms with Crippen molar-refractivity contribution in [3.8, 4) is 5.75 Å². The van der Waals surface area contributed by atoms with Gasteiger partial charge in [-0.2, -0.15) is 0 Å². The lowest BCUT2D eigenvalue weighted by molar-refractivity contribution is 0.328. The van der Waals surface area contributed by atoms with Crippen molar-refractivity contribution in [2.45, 2.75) is 13.5 Å². The highest BCUT2D eigenvalue weighted by Gasteiger charge is 2.04. The smallest absolute Gasteiger partial charge is 0.293 e. The number of hydrogen-bond acceptors (Lipinski definition) is 5. The topological polar surface area (TPSA) is 82.2 Å². The number of nitrogens with one attached hydrogen (secondary N) is 1. The second-order valence-electron chi connectivity index (χ2n) is 4.15. The highest BCUT2D eigenvalue weighted by Crippen LogP contribution is 2.17. The minimum atomic E-state index is -0.140. The summed E-state index contributed by atoms with van der Waals surface area (Å²) in [5, 5.41) is 3.01. The van der Waals surface area contributed by atoms with Gasteiger partial charge in [0.05, 0.1) is 0 Å². The molecule has 0 aliphatic carbocycles. The molecule has 2 rings (SSSR count). The van der Waals surface area contributed by atoms with Crippen LogP contribution < -0.4 is 21.3 Å². The van der Waals surface area contributed by atoms with Gasteiger partial charge in [-0.1, -0.05) is 0 Å². The normalized spacial score (nSPS) is 10.3. The van der Waals surface area contributed by atoms with Crippen molar-refractivity contribution in [3.05, 3.63) is 47.0 Å². The zero-order valence-corrected chi connectivity index (χ0v) is 11.4. The van der Waals surface area contributed by atoms with Crippen LogP contribution in [0.15, 0.2) is 41.5 Å². The Kier molecular flexibility index (Phi) is 4.73. The van der Waals surface area contributed by atoms with Crippen LogP contribution in [0.1, 0.15) is 6.92 Å². The monoisotopic (exact) mass is 274 g/mol. The van der Waals surface area contributed by atoms with Crippen molar-refractivity contribution in [2.75, 3.05) is 18.5 Å². The third-order valence-electron chi connectivity index (χ3n) is 2.76. The molecule has 0 amide bonds. The van der Waals surface area contributed by atoms with Gasteiger partial charge in [-0.25, -0.2) is 4.98 Å². The quantitative estimate of drug-likeness (QED) is 0.830. The standard InChI is InChI=1S/C14H18N4O2/c1-2-18-9-8-16-13(14(18)19)17-11-3-5-12(6-4-11)20-10-7-15/h3-6,8-9H,2,7,10,15H2,1H3,(H,16,17). The van der Waals surface area contributed by atoms with E-state index in [2.05, 4.69) is 10.3 Å². The zero-order chi connectivity index (χ0) is 14.4. The van der Waals surface area contributed by atoms with Crippen molar-refractivity contribution < 1.29 is 4.74 Å². The van der Waals surface area contributed by atoms with Gasteiger partial charge < -0.3 is 20.4 Å². The fourth-order valence-electron chi connectivity index (χ4n) is 1.73. The molecule has 0 unspecified atom stereocenters. The molecule has 106 valence electrons. The molecule has 6 nitrogen and oxygen atoms in total. The Morgan fingerprint density at radius 3 is 2.75 bits per heavy atom. The van der Waals surface area contributed by atoms with Crippen LogP contribution in [-0.2, 0) is 6.54 Å². The number of benzene rings is 1. The average molecular weight is 274 g/mol. The van der Waals surface area contributed by atoms with E-state index in [1.54, 1.807) is 17.0 Å². The number of aryl methyl sites for hydroxylation is 1. The van der Waals surface area contributed by atoms with Gasteiger partial charge in [0, 0.05) is 31.2 Å². The van der Waals surface area contributed by atoms with Gasteiger partial charge in [0.25, 0.3) is 5.56 Å². The van der Waals surface area contributed by atoms with E-state index >= 15 is 0 Å². The molecule has 1 aromatic carbocycles. The first-order valence-corrected chi connectivity index (χ1v) is 6.50. The molecule has 0 radical (unpaired) electrons. The van der Waals surface area contributed by atoms with E-state index in [1.165, 1.54) is 0 Å². The lowest BCUT2D eigenvalue weighted by atomic mass is 10.3. The van der Waals surface area contributed by atoms with E-state index in [1.807, 2.05) is 31.2 Å². The van der Waals surface area contributed by atoms with Crippen molar-refractivity contribution >= 4 is 11.5 Å². The van der Waals surface area contributed by atoms with E-state index in [9.17, 15) is 4.79 Å². The van der Waals surface area contributed by atoms with Gasteiger partial charge in [-0.15, -0.1) is 0 Å². The van der Waals surface area contributed by atoms with Crippen molar-refractivity contribution in [1.29, 1.82) is 0 Å². The van der Waals surface area contributed by atoms with Gasteiger partial charge in [-0.3, -0.25) is 4.79 Å². The maximum absolute atomic E-state index is 12.0. The number of nitrogens with two attached hydrogens (primary N) is 1. The third kappa shape index (κ3) is 3.36. The Morgan fingerprint density at radius 2 is 2.10 bits per heavy atom. The number of aromatic nitrogens is 2. The summed E-state index contributed by atoms with van der Waals surface area (Å²) < 4.78 is 6.98. The molecule has 6 heteroatoms. The molecule has 0 bridgehead atoms. The van der Waals surface area contributed by atoms with Crippen molar-refractivity contribution in [1.82, 2.24) is 9.55 Å². The SMILES string of the molecule is CCn1ccnc(Nc2ccc(OCCN)cc2)c1=O. The molecule has 2 aromatic rings. The molecule has 20 heavy (non-hydrogen) atoms. The number of anilines is 2. The maximum atomic E-state index is 12.0. The van der Waals surface area contributed by atoms with Gasteiger partial charge in [0.1, 0.15) is 12.4 Å². The highest BCUT2D eigenvalue weighted by atomic mass is 16.5. The van der Waals surface area contributed by atoms with Crippen LogP contribution in [0.3, 0.4) is 0 Å². The summed E-state index contributed by atoms with van der Waals surface area (Å²) in [5.74, 6) is 1.05. The lowest BCUT2D eigenvalue weighted by Crippen LogP contribution is -2.22. The van der Waals surface area contributed by atoms with E-state index in [0.717, 1.165) is 11.4 Å². The number of hydrogen-bond donors (Lipinski definition) is 2. The van der Waals surface area contributed by atoms with E-state index < -0.39 is 0 Å². The molecule has 0 saturated heterocycles. The lowest BCUT2D eigenvalue weighted by Gasteiger charge is -2.08. The third-order valence-corrected chi connectivity index (χ3v) is 2.76. The summed E-state index contributed by atoms with van der Waals surface area (Å²) in [6.45, 7) is 3.48. The summed E-state index contributed by atoms with van der Waals surface area (Å²) in [6.07, 6.45) is 3.27. The first-order valence-electron chi connectivity index (χ1n) is 6.50. The molecule has 0 spiro atoms. The Balaban J connectivity index is 2.12. The fraction of sp³-hybridized carbons (Fsp3) is 0.286. The molecule has 0 atom stereocenters. The summed E-state index contributed by atoms with van der Waals surface area (Å²) in [4.78, 5) is 16.1. The summed E-state index contributed by atoms with van der Waals surface area (Å²) in [7, 11) is 0. The highest BCUT2D eigenvalue weighted by molar-refractivity contribution is 5.56. The molecular formula is C14H18N4O2. The van der Waals surface area contributed by atoms with Crippen LogP contribution in [0.25, 0.3) is 0 Å². The first kappa shape index (κ1) is 14.1. The molecule has 0 saturated carbocycles. The van der Waals surface area contributed by atoms with E-state index in [4.69, 9.17) is 10.5 Å². The number of ether oxygens (including phenoxy) is 1. The molecule has 0 fully saturated rings. The first-order chi connectivity index (χ1) is 9.74. The maximum Gasteiger partial charge on any atom is 0.293 e.